The minimum atomic E-state index is 0. The second-order valence-corrected chi connectivity index (χ2v) is 0. The van der Waals surface area contributed by atoms with Crippen LogP contribution in [-0.4, -0.2) is 0 Å². The van der Waals surface area contributed by atoms with Gasteiger partial charge < -0.3 is 60.2 Å². The van der Waals surface area contributed by atoms with Crippen molar-refractivity contribution in [2.24, 2.45) is 0 Å². The second kappa shape index (κ2) is 696. The first-order valence-electron chi connectivity index (χ1n) is 0. The molecule has 0 radical (unpaired) electrons. The standard InChI is InChI=1S/2Mo.11O.2H3P.2V/h;;;;;;;;;;;;;2*1H3;;/q2*+6;11*-2;;;2*+5. The first-order chi connectivity index (χ1) is 0. The van der Waals surface area contributed by atoms with Gasteiger partial charge in [-0.05, 0) is 0 Å². The zero-order valence-electron chi connectivity index (χ0n) is 7.62. The first kappa shape index (κ1) is 817. The van der Waals surface area contributed by atoms with Gasteiger partial charge >= 0.3 is 79.2 Å². The Morgan fingerprint density at radius 1 is 0.235 bits per heavy atom. The van der Waals surface area contributed by atoms with Crippen LogP contribution < -0.4 is 0 Å². The maximum atomic E-state index is 0. The summed E-state index contributed by atoms with van der Waals surface area (Å²) in [5.41, 5.74) is 0. The summed E-state index contributed by atoms with van der Waals surface area (Å²) in [7, 11) is 0. The Hall–Kier alpha value is 2.97. The molecule has 0 aliphatic carbocycles. The van der Waals surface area contributed by atoms with E-state index < -0.39 is 0 Å². The third-order valence-electron chi connectivity index (χ3n) is 0. The molecule has 0 bridgehead atoms. The Labute approximate surface area is 158 Å². The van der Waals surface area contributed by atoms with E-state index in [9.17, 15) is 0 Å². The molecule has 0 saturated heterocycles. The van der Waals surface area contributed by atoms with Crippen LogP contribution in [0.25, 0.3) is 0 Å². The Morgan fingerprint density at radius 2 is 0.235 bits per heavy atom. The smallest absolute Gasteiger partial charge is 2.00 e. The van der Waals surface area contributed by atoms with E-state index in [1.165, 1.54) is 0 Å². The molecule has 17 heteroatoms. The van der Waals surface area contributed by atoms with Crippen molar-refractivity contribution < 1.29 is 139 Å². The monoisotopic (exact) mass is 542 g/mol. The fourth-order valence-electron chi connectivity index (χ4n) is 0. The second-order valence-electron chi connectivity index (χ2n) is 0. The molecule has 17 heavy (non-hydrogen) atoms. The summed E-state index contributed by atoms with van der Waals surface area (Å²) in [4.78, 5) is 0. The molecule has 0 aromatic rings. The maximum Gasteiger partial charge on any atom is 6.00 e. The maximum absolute atomic E-state index is 0. The number of rotatable bonds is 0. The number of hydrogen-bond acceptors (Lipinski definition) is 0. The third-order valence-corrected chi connectivity index (χ3v) is 0. The summed E-state index contributed by atoms with van der Waals surface area (Å²) >= 11 is 0. The summed E-state index contributed by atoms with van der Waals surface area (Å²) in [6, 6.07) is 0. The Morgan fingerprint density at radius 3 is 0.235 bits per heavy atom. The van der Waals surface area contributed by atoms with Gasteiger partial charge in [0.1, 0.15) is 0 Å². The van der Waals surface area contributed by atoms with E-state index >= 15 is 0 Å². The van der Waals surface area contributed by atoms with E-state index in [1.807, 2.05) is 0 Å². The molecule has 11 nitrogen and oxygen atoms in total. The van der Waals surface area contributed by atoms with Crippen molar-refractivity contribution in [3.63, 3.8) is 0 Å². The van der Waals surface area contributed by atoms with Crippen molar-refractivity contribution in [1.29, 1.82) is 0 Å². The van der Waals surface area contributed by atoms with Gasteiger partial charge in [-0.3, -0.25) is 0 Å². The van der Waals surface area contributed by atoms with Gasteiger partial charge in [0.2, 0.25) is 0 Å². The van der Waals surface area contributed by atoms with Crippen molar-refractivity contribution in [2.45, 2.75) is 0 Å². The van der Waals surface area contributed by atoms with E-state index in [1.54, 1.807) is 0 Å². The van der Waals surface area contributed by atoms with Crippen LogP contribution in [0.4, 0.5) is 0 Å². The van der Waals surface area contributed by atoms with E-state index in [0.717, 1.165) is 0 Å². The summed E-state index contributed by atoms with van der Waals surface area (Å²) in [6.07, 6.45) is 0. The molecule has 0 fully saturated rings. The van der Waals surface area contributed by atoms with Crippen LogP contribution >= 0.6 is 19.8 Å². The van der Waals surface area contributed by atoms with Gasteiger partial charge in [-0.15, -0.1) is 0 Å². The molecule has 0 spiro atoms. The SMILES string of the molecule is P.P.[Mo+6].[Mo+6].[O-2].[O-2].[O-2].[O-2].[O-2].[O-2].[O-2].[O-2].[O-2].[O-2].[O-2].[V+5].[V+5]. The van der Waals surface area contributed by atoms with Crippen LogP contribution in [-0.2, 0) is 139 Å². The zero-order valence-corrected chi connectivity index (χ0v) is 17.3. The van der Waals surface area contributed by atoms with Gasteiger partial charge in [-0.2, -0.15) is 19.8 Å². The molecule has 0 amide bonds. The van der Waals surface area contributed by atoms with Gasteiger partial charge in [-0.1, -0.05) is 0 Å². The summed E-state index contributed by atoms with van der Waals surface area (Å²) in [6.45, 7) is 0. The average molecular weight is 538 g/mol. The van der Waals surface area contributed by atoms with Gasteiger partial charge in [-0.25, -0.2) is 0 Å². The third kappa shape index (κ3) is 621. The molecule has 0 saturated carbocycles. The molecule has 2 atom stereocenters. The summed E-state index contributed by atoms with van der Waals surface area (Å²) in [5, 5.41) is 0. The van der Waals surface area contributed by atoms with Crippen LogP contribution in [0.15, 0.2) is 0 Å². The van der Waals surface area contributed by atoms with Crippen molar-refractivity contribution in [3.8, 4) is 0 Å². The van der Waals surface area contributed by atoms with E-state index in [4.69, 9.17) is 0 Å². The predicted molar refractivity (Wildman–Crippen MR) is 29.8 cm³/mol. The predicted octanol–water partition coefficient (Wildman–Crippen LogP) is -1.20. The van der Waals surface area contributed by atoms with Crippen LogP contribution in [0.2, 0.25) is 0 Å². The summed E-state index contributed by atoms with van der Waals surface area (Å²) < 4.78 is 0. The molecule has 0 rings (SSSR count). The van der Waals surface area contributed by atoms with E-state index in [-0.39, 0.29) is 159 Å². The van der Waals surface area contributed by atoms with Gasteiger partial charge in [0, 0.05) is 0 Å². The molecule has 0 N–H and O–H groups in total. The van der Waals surface area contributed by atoms with Gasteiger partial charge in [0.15, 0.2) is 0 Å². The van der Waals surface area contributed by atoms with Gasteiger partial charge in [0.05, 0.1) is 0 Å². The van der Waals surface area contributed by atoms with Crippen molar-refractivity contribution in [3.05, 3.63) is 0 Å². The van der Waals surface area contributed by atoms with Crippen molar-refractivity contribution in [1.82, 2.24) is 0 Å². The van der Waals surface area contributed by atoms with E-state index in [2.05, 4.69) is 0 Å². The first-order valence-corrected chi connectivity index (χ1v) is 0. The minimum absolute atomic E-state index is 0. The van der Waals surface area contributed by atoms with Gasteiger partial charge in [0.25, 0.3) is 0 Å². The van der Waals surface area contributed by atoms with Crippen LogP contribution in [0.1, 0.15) is 0 Å². The largest absolute Gasteiger partial charge is 6.00 e. The molecule has 0 aliphatic rings. The molecular formula is H6Mo2O11P2V2. The van der Waals surface area contributed by atoms with Crippen molar-refractivity contribution >= 4 is 19.8 Å². The normalized spacial score (nSPS) is 0. The zero-order chi connectivity index (χ0) is 0. The molecular weight excluding hydrogens is 532 g/mol. The summed E-state index contributed by atoms with van der Waals surface area (Å²) in [5.74, 6) is 0. The minimum Gasteiger partial charge on any atom is -2.00 e. The molecule has 0 aromatic heterocycles. The fourth-order valence-corrected chi connectivity index (χ4v) is 0. The molecule has 2 unspecified atom stereocenters. The fraction of sp³-hybridized carbons (Fsp3) is 0. The van der Waals surface area contributed by atoms with Crippen molar-refractivity contribution in [2.75, 3.05) is 0 Å². The molecule has 0 heterocycles. The molecule has 0 aliphatic heterocycles. The Bertz CT molecular complexity index is 25.4. The Kier molecular flexibility index (Phi) is 33400. The number of hydrogen-bond donors (Lipinski definition) is 0. The Balaban J connectivity index is 0. The topological polar surface area (TPSA) is 314 Å². The van der Waals surface area contributed by atoms with Crippen LogP contribution in [0.5, 0.6) is 0 Å². The van der Waals surface area contributed by atoms with E-state index in [0.29, 0.717) is 0 Å². The average Bonchev–Trinajstić information content (AvgIpc) is 0. The quantitative estimate of drug-likeness (QED) is 0.259. The van der Waals surface area contributed by atoms with Crippen LogP contribution in [0, 0.1) is 0 Å². The van der Waals surface area contributed by atoms with Crippen LogP contribution in [0.3, 0.4) is 0 Å². The molecule has 0 aromatic carbocycles. The molecule has 104 valence electrons.